The molecule has 0 unspecified atom stereocenters. The van der Waals surface area contributed by atoms with Crippen LogP contribution in [-0.4, -0.2) is 44.7 Å². The number of amides is 1. The Balaban J connectivity index is 1.76. The lowest BCUT2D eigenvalue weighted by Crippen LogP contribution is -2.42. The SMILES string of the molecule is CC(C)(C)OC(=O)N1CCC(COS(=O)(=O)Cc2ccccc2)CC1. The summed E-state index contributed by atoms with van der Waals surface area (Å²) in [4.78, 5) is 13.7. The fraction of sp³-hybridized carbons (Fsp3) is 0.611. The summed E-state index contributed by atoms with van der Waals surface area (Å²) in [7, 11) is -3.59. The fourth-order valence-corrected chi connectivity index (χ4v) is 3.71. The first-order chi connectivity index (χ1) is 11.6. The van der Waals surface area contributed by atoms with Crippen LogP contribution in [0.2, 0.25) is 0 Å². The smallest absolute Gasteiger partial charge is 0.410 e. The van der Waals surface area contributed by atoms with Gasteiger partial charge in [0.05, 0.1) is 6.61 Å². The number of piperidine rings is 1. The van der Waals surface area contributed by atoms with Crippen molar-refractivity contribution in [3.63, 3.8) is 0 Å². The molecular weight excluding hydrogens is 342 g/mol. The summed E-state index contributed by atoms with van der Waals surface area (Å²) in [6, 6.07) is 8.98. The minimum absolute atomic E-state index is 0.120. The quantitative estimate of drug-likeness (QED) is 0.745. The maximum atomic E-state index is 12.1. The largest absolute Gasteiger partial charge is 0.444 e. The first-order valence-electron chi connectivity index (χ1n) is 8.53. The number of nitrogens with zero attached hydrogens (tertiary/aromatic N) is 1. The molecule has 1 heterocycles. The second-order valence-electron chi connectivity index (χ2n) is 7.38. The molecule has 0 saturated carbocycles. The highest BCUT2D eigenvalue weighted by Gasteiger charge is 2.27. The van der Waals surface area contributed by atoms with Gasteiger partial charge in [0.1, 0.15) is 11.4 Å². The number of benzene rings is 1. The van der Waals surface area contributed by atoms with E-state index >= 15 is 0 Å². The van der Waals surface area contributed by atoms with Crippen LogP contribution in [0.15, 0.2) is 30.3 Å². The van der Waals surface area contributed by atoms with Gasteiger partial charge in [-0.3, -0.25) is 4.18 Å². The highest BCUT2D eigenvalue weighted by molar-refractivity contribution is 7.85. The predicted octanol–water partition coefficient (Wildman–Crippen LogP) is 3.18. The molecule has 1 aromatic rings. The van der Waals surface area contributed by atoms with E-state index in [0.717, 1.165) is 0 Å². The van der Waals surface area contributed by atoms with Crippen molar-refractivity contribution in [1.29, 1.82) is 0 Å². The van der Waals surface area contributed by atoms with Crippen LogP contribution in [-0.2, 0) is 24.8 Å². The number of rotatable bonds is 5. The number of likely N-dealkylation sites (tertiary alicyclic amines) is 1. The second kappa shape index (κ2) is 8.19. The summed E-state index contributed by atoms with van der Waals surface area (Å²) in [5.41, 5.74) is 0.199. The molecule has 0 spiro atoms. The van der Waals surface area contributed by atoms with Gasteiger partial charge in [-0.15, -0.1) is 0 Å². The molecule has 7 heteroatoms. The van der Waals surface area contributed by atoms with E-state index in [2.05, 4.69) is 0 Å². The minimum Gasteiger partial charge on any atom is -0.444 e. The summed E-state index contributed by atoms with van der Waals surface area (Å²) in [6.07, 6.45) is 1.10. The Hall–Kier alpha value is -1.60. The van der Waals surface area contributed by atoms with E-state index in [4.69, 9.17) is 8.92 Å². The molecule has 6 nitrogen and oxygen atoms in total. The van der Waals surface area contributed by atoms with Crippen LogP contribution in [0.5, 0.6) is 0 Å². The predicted molar refractivity (Wildman–Crippen MR) is 95.5 cm³/mol. The van der Waals surface area contributed by atoms with E-state index in [0.29, 0.717) is 31.5 Å². The van der Waals surface area contributed by atoms with E-state index in [1.54, 1.807) is 29.2 Å². The van der Waals surface area contributed by atoms with Gasteiger partial charge in [0, 0.05) is 13.1 Å². The number of ether oxygens (including phenoxy) is 1. The zero-order valence-corrected chi connectivity index (χ0v) is 15.9. The van der Waals surface area contributed by atoms with Crippen molar-refractivity contribution >= 4 is 16.2 Å². The van der Waals surface area contributed by atoms with Crippen LogP contribution < -0.4 is 0 Å². The van der Waals surface area contributed by atoms with Gasteiger partial charge < -0.3 is 9.64 Å². The molecule has 0 atom stereocenters. The Morgan fingerprint density at radius 1 is 1.16 bits per heavy atom. The molecular formula is C18H27NO5S. The molecule has 1 aromatic carbocycles. The number of hydrogen-bond acceptors (Lipinski definition) is 5. The van der Waals surface area contributed by atoms with Gasteiger partial charge in [0.15, 0.2) is 0 Å². The molecule has 1 aliphatic heterocycles. The van der Waals surface area contributed by atoms with Crippen molar-refractivity contribution in [3.05, 3.63) is 35.9 Å². The first kappa shape index (κ1) is 19.7. The lowest BCUT2D eigenvalue weighted by atomic mass is 9.98. The van der Waals surface area contributed by atoms with Gasteiger partial charge in [-0.05, 0) is 45.1 Å². The van der Waals surface area contributed by atoms with E-state index < -0.39 is 15.7 Å². The Labute approximate surface area is 150 Å². The maximum absolute atomic E-state index is 12.1. The summed E-state index contributed by atoms with van der Waals surface area (Å²) < 4.78 is 34.7. The molecule has 1 amide bonds. The van der Waals surface area contributed by atoms with Crippen LogP contribution in [0, 0.1) is 5.92 Å². The molecule has 1 aliphatic rings. The first-order valence-corrected chi connectivity index (χ1v) is 10.1. The Morgan fingerprint density at radius 2 is 1.76 bits per heavy atom. The van der Waals surface area contributed by atoms with Crippen molar-refractivity contribution in [2.75, 3.05) is 19.7 Å². The third kappa shape index (κ3) is 7.04. The van der Waals surface area contributed by atoms with Crippen LogP contribution in [0.3, 0.4) is 0 Å². The molecule has 25 heavy (non-hydrogen) atoms. The molecule has 1 fully saturated rings. The Morgan fingerprint density at radius 3 is 2.32 bits per heavy atom. The zero-order chi connectivity index (χ0) is 18.5. The number of carbonyl (C=O) groups is 1. The molecule has 0 aromatic heterocycles. The molecule has 0 N–H and O–H groups in total. The average molecular weight is 369 g/mol. The van der Waals surface area contributed by atoms with E-state index in [1.807, 2.05) is 26.8 Å². The van der Waals surface area contributed by atoms with Crippen LogP contribution in [0.25, 0.3) is 0 Å². The maximum Gasteiger partial charge on any atom is 0.410 e. The second-order valence-corrected chi connectivity index (χ2v) is 9.02. The molecule has 0 bridgehead atoms. The normalized spacial score (nSPS) is 16.7. The summed E-state index contributed by atoms with van der Waals surface area (Å²) >= 11 is 0. The van der Waals surface area contributed by atoms with Crippen molar-refractivity contribution < 1.29 is 22.1 Å². The summed E-state index contributed by atoms with van der Waals surface area (Å²) in [5.74, 6) is 0.00848. The molecule has 0 aliphatic carbocycles. The van der Waals surface area contributed by atoms with Crippen LogP contribution in [0.4, 0.5) is 4.79 Å². The lowest BCUT2D eigenvalue weighted by Gasteiger charge is -2.33. The number of hydrogen-bond donors (Lipinski definition) is 0. The zero-order valence-electron chi connectivity index (χ0n) is 15.1. The molecule has 1 saturated heterocycles. The van der Waals surface area contributed by atoms with Crippen LogP contribution >= 0.6 is 0 Å². The fourth-order valence-electron chi connectivity index (χ4n) is 2.63. The Bertz CT molecular complexity index is 658. The Kier molecular flexibility index (Phi) is 6.46. The van der Waals surface area contributed by atoms with Crippen LogP contribution in [0.1, 0.15) is 39.2 Å². The topological polar surface area (TPSA) is 72.9 Å². The standard InChI is InChI=1S/C18H27NO5S/c1-18(2,3)24-17(20)19-11-9-15(10-12-19)13-23-25(21,22)14-16-7-5-4-6-8-16/h4-8,15H,9-14H2,1-3H3. The lowest BCUT2D eigenvalue weighted by molar-refractivity contribution is 0.0165. The minimum atomic E-state index is -3.59. The molecule has 140 valence electrons. The molecule has 2 rings (SSSR count). The van der Waals surface area contributed by atoms with Gasteiger partial charge in [0.2, 0.25) is 0 Å². The monoisotopic (exact) mass is 369 g/mol. The van der Waals surface area contributed by atoms with Gasteiger partial charge in [-0.1, -0.05) is 30.3 Å². The molecule has 0 radical (unpaired) electrons. The van der Waals surface area contributed by atoms with Crippen molar-refractivity contribution in [2.45, 2.75) is 45.0 Å². The summed E-state index contributed by atoms with van der Waals surface area (Å²) in [5, 5.41) is 0. The third-order valence-electron chi connectivity index (χ3n) is 3.94. The van der Waals surface area contributed by atoms with Gasteiger partial charge in [-0.25, -0.2) is 4.79 Å². The van der Waals surface area contributed by atoms with Gasteiger partial charge >= 0.3 is 6.09 Å². The van der Waals surface area contributed by atoms with Crippen molar-refractivity contribution in [3.8, 4) is 0 Å². The highest BCUT2D eigenvalue weighted by atomic mass is 32.2. The van der Waals surface area contributed by atoms with E-state index in [9.17, 15) is 13.2 Å². The highest BCUT2D eigenvalue weighted by Crippen LogP contribution is 2.21. The average Bonchev–Trinajstić information content (AvgIpc) is 2.52. The summed E-state index contributed by atoms with van der Waals surface area (Å²) in [6.45, 7) is 6.79. The van der Waals surface area contributed by atoms with Crippen molar-refractivity contribution in [1.82, 2.24) is 4.90 Å². The third-order valence-corrected chi connectivity index (χ3v) is 5.12. The van der Waals surface area contributed by atoms with E-state index in [-0.39, 0.29) is 24.4 Å². The van der Waals surface area contributed by atoms with Gasteiger partial charge in [0.25, 0.3) is 10.1 Å². The van der Waals surface area contributed by atoms with E-state index in [1.165, 1.54) is 0 Å². The number of carbonyl (C=O) groups excluding carboxylic acids is 1. The van der Waals surface area contributed by atoms with Crippen molar-refractivity contribution in [2.24, 2.45) is 5.92 Å². The van der Waals surface area contributed by atoms with Gasteiger partial charge in [-0.2, -0.15) is 8.42 Å².